The van der Waals surface area contributed by atoms with Gasteiger partial charge in [0.15, 0.2) is 0 Å². The number of thioether (sulfide) groups is 1. The van der Waals surface area contributed by atoms with E-state index < -0.39 is 11.4 Å². The van der Waals surface area contributed by atoms with Crippen molar-refractivity contribution < 1.29 is 14.3 Å². The molecular formula is C26H29FN4O4S. The summed E-state index contributed by atoms with van der Waals surface area (Å²) in [5.41, 5.74) is 0.635. The van der Waals surface area contributed by atoms with Crippen molar-refractivity contribution in [1.29, 1.82) is 0 Å². The molecule has 36 heavy (non-hydrogen) atoms. The van der Waals surface area contributed by atoms with Gasteiger partial charge < -0.3 is 10.4 Å². The summed E-state index contributed by atoms with van der Waals surface area (Å²) in [6.45, 7) is -0.0792. The van der Waals surface area contributed by atoms with Crippen molar-refractivity contribution in [2.24, 2.45) is 0 Å². The maximum Gasteiger partial charge on any atom is 0.333 e. The first kappa shape index (κ1) is 24.7. The quantitative estimate of drug-likeness (QED) is 0.544. The first-order valence-electron chi connectivity index (χ1n) is 12.4. The fraction of sp³-hybridized carbons (Fsp3) is 0.462. The van der Waals surface area contributed by atoms with Crippen molar-refractivity contribution in [2.45, 2.75) is 63.3 Å². The van der Waals surface area contributed by atoms with Crippen LogP contribution in [0.25, 0.3) is 11.0 Å². The van der Waals surface area contributed by atoms with Crippen LogP contribution in [0.4, 0.5) is 4.39 Å². The molecule has 2 N–H and O–H groups in total. The lowest BCUT2D eigenvalue weighted by atomic mass is 9.90. The van der Waals surface area contributed by atoms with E-state index in [-0.39, 0.29) is 47.4 Å². The highest BCUT2D eigenvalue weighted by atomic mass is 32.2. The maximum absolute atomic E-state index is 14.1. The molecule has 3 heterocycles. The molecule has 1 aliphatic carbocycles. The average molecular weight is 513 g/mol. The fourth-order valence-electron chi connectivity index (χ4n) is 5.31. The van der Waals surface area contributed by atoms with E-state index in [4.69, 9.17) is 0 Å². The molecule has 5 rings (SSSR count). The zero-order valence-electron chi connectivity index (χ0n) is 19.9. The second kappa shape index (κ2) is 10.6. The number of fused-ring (bicyclic) bond motifs is 1. The lowest BCUT2D eigenvalue weighted by Gasteiger charge is -2.31. The minimum atomic E-state index is -0.603. The predicted octanol–water partition coefficient (Wildman–Crippen LogP) is 3.17. The number of amides is 1. The van der Waals surface area contributed by atoms with E-state index in [1.165, 1.54) is 10.6 Å². The number of aliphatic hydroxyl groups excluding tert-OH is 1. The Hall–Kier alpha value is -2.98. The highest BCUT2D eigenvalue weighted by molar-refractivity contribution is 7.99. The Kier molecular flexibility index (Phi) is 7.25. The van der Waals surface area contributed by atoms with Gasteiger partial charge in [0.05, 0.1) is 18.2 Å². The zero-order valence-corrected chi connectivity index (χ0v) is 20.7. The Labute approximate surface area is 211 Å². The highest BCUT2D eigenvalue weighted by Gasteiger charge is 2.29. The third-order valence-corrected chi connectivity index (χ3v) is 8.32. The van der Waals surface area contributed by atoms with Gasteiger partial charge in [0.1, 0.15) is 11.5 Å². The molecule has 1 amide bonds. The van der Waals surface area contributed by atoms with Crippen molar-refractivity contribution >= 4 is 28.7 Å². The van der Waals surface area contributed by atoms with E-state index in [1.807, 2.05) is 11.8 Å². The van der Waals surface area contributed by atoms with E-state index in [1.54, 1.807) is 28.8 Å². The number of aliphatic hydroxyl groups is 1. The van der Waals surface area contributed by atoms with Gasteiger partial charge in [-0.25, -0.2) is 14.2 Å². The van der Waals surface area contributed by atoms with Crippen LogP contribution in [-0.2, 0) is 6.61 Å². The van der Waals surface area contributed by atoms with E-state index in [0.29, 0.717) is 31.2 Å². The number of aromatic nitrogens is 3. The molecule has 1 saturated carbocycles. The summed E-state index contributed by atoms with van der Waals surface area (Å²) in [6.07, 6.45) is 5.01. The summed E-state index contributed by atoms with van der Waals surface area (Å²) in [5, 5.41) is 12.4. The van der Waals surface area contributed by atoms with Crippen LogP contribution < -0.4 is 16.6 Å². The predicted molar refractivity (Wildman–Crippen MR) is 137 cm³/mol. The topological polar surface area (TPSA) is 106 Å². The summed E-state index contributed by atoms with van der Waals surface area (Å²) >= 11 is 1.84. The fourth-order valence-corrected chi connectivity index (χ4v) is 6.39. The molecule has 0 unspecified atom stereocenters. The number of nitrogens with one attached hydrogen (secondary N) is 1. The third kappa shape index (κ3) is 4.84. The number of carbonyl (C=O) groups excluding carboxylic acids is 1. The zero-order chi connectivity index (χ0) is 25.2. The van der Waals surface area contributed by atoms with Gasteiger partial charge in [-0.2, -0.15) is 11.8 Å². The molecule has 2 aliphatic rings. The van der Waals surface area contributed by atoms with Crippen LogP contribution in [0, 0.1) is 5.82 Å². The Morgan fingerprint density at radius 3 is 2.36 bits per heavy atom. The molecule has 8 nitrogen and oxygen atoms in total. The molecule has 2 aromatic heterocycles. The number of hydrogen-bond acceptors (Lipinski definition) is 6. The van der Waals surface area contributed by atoms with Crippen molar-refractivity contribution in [1.82, 2.24) is 19.4 Å². The minimum absolute atomic E-state index is 0.0702. The molecule has 1 aromatic carbocycles. The smallest absolute Gasteiger partial charge is 0.333 e. The summed E-state index contributed by atoms with van der Waals surface area (Å²) in [7, 11) is 0. The number of pyridine rings is 1. The number of nitrogens with zero attached hydrogens (tertiary/aromatic N) is 3. The van der Waals surface area contributed by atoms with Gasteiger partial charge in [-0.05, 0) is 73.8 Å². The molecule has 2 fully saturated rings. The largest absolute Gasteiger partial charge is 0.392 e. The Balaban J connectivity index is 1.39. The van der Waals surface area contributed by atoms with Gasteiger partial charge in [-0.3, -0.25) is 18.7 Å². The first-order valence-corrected chi connectivity index (χ1v) is 13.5. The van der Waals surface area contributed by atoms with Crippen LogP contribution >= 0.6 is 11.8 Å². The van der Waals surface area contributed by atoms with Crippen LogP contribution in [0.3, 0.4) is 0 Å². The highest BCUT2D eigenvalue weighted by Crippen LogP contribution is 2.30. The van der Waals surface area contributed by atoms with Crippen LogP contribution in [0.1, 0.15) is 66.5 Å². The monoisotopic (exact) mass is 512 g/mol. The number of rotatable bonds is 5. The first-order chi connectivity index (χ1) is 17.5. The van der Waals surface area contributed by atoms with Crippen molar-refractivity contribution in [3.05, 3.63) is 74.3 Å². The normalized spacial score (nSPS) is 20.9. The van der Waals surface area contributed by atoms with Gasteiger partial charge in [0.2, 0.25) is 0 Å². The summed E-state index contributed by atoms with van der Waals surface area (Å²) in [5.74, 6) is 1.05. The molecule has 0 bridgehead atoms. The SMILES string of the molecule is O=C(NC1CCC(n2c(=O)c3cc(F)cnc3n(C3CCSCC3)c2=O)CC1)c1ccc(CO)cc1. The summed E-state index contributed by atoms with van der Waals surface area (Å²) in [4.78, 5) is 43.9. The molecule has 1 aliphatic heterocycles. The van der Waals surface area contributed by atoms with Crippen LogP contribution in [0.5, 0.6) is 0 Å². The molecule has 1 saturated heterocycles. The minimum Gasteiger partial charge on any atom is -0.392 e. The van der Waals surface area contributed by atoms with Crippen LogP contribution in [0.2, 0.25) is 0 Å². The standard InChI is InChI=1S/C26H29FN4O4S/c27-18-13-22-23(28-14-18)30(21-9-11-36-12-10-21)26(35)31(25(22)34)20-7-5-19(6-8-20)29-24(33)17-3-1-16(15-32)2-4-17/h1-4,13-14,19-21,32H,5-12,15H2,(H,29,33). The number of benzene rings is 1. The summed E-state index contributed by atoms with van der Waals surface area (Å²) < 4.78 is 17.0. The van der Waals surface area contributed by atoms with Crippen molar-refractivity contribution in [3.63, 3.8) is 0 Å². The van der Waals surface area contributed by atoms with E-state index in [9.17, 15) is 23.9 Å². The van der Waals surface area contributed by atoms with Gasteiger partial charge in [-0.15, -0.1) is 0 Å². The van der Waals surface area contributed by atoms with E-state index in [0.717, 1.165) is 36.1 Å². The Morgan fingerprint density at radius 1 is 1.03 bits per heavy atom. The van der Waals surface area contributed by atoms with E-state index >= 15 is 0 Å². The van der Waals surface area contributed by atoms with Crippen LogP contribution in [0.15, 0.2) is 46.1 Å². The van der Waals surface area contributed by atoms with Gasteiger partial charge >= 0.3 is 5.69 Å². The molecular weight excluding hydrogens is 483 g/mol. The molecule has 0 radical (unpaired) electrons. The second-order valence-electron chi connectivity index (χ2n) is 9.53. The van der Waals surface area contributed by atoms with Gasteiger partial charge in [-0.1, -0.05) is 12.1 Å². The second-order valence-corrected chi connectivity index (χ2v) is 10.8. The third-order valence-electron chi connectivity index (χ3n) is 7.27. The average Bonchev–Trinajstić information content (AvgIpc) is 2.91. The lowest BCUT2D eigenvalue weighted by molar-refractivity contribution is 0.0921. The molecule has 10 heteroatoms. The van der Waals surface area contributed by atoms with Crippen LogP contribution in [-0.4, -0.2) is 42.7 Å². The van der Waals surface area contributed by atoms with Crippen molar-refractivity contribution in [2.75, 3.05) is 11.5 Å². The number of hydrogen-bond donors (Lipinski definition) is 2. The van der Waals surface area contributed by atoms with Crippen molar-refractivity contribution in [3.8, 4) is 0 Å². The number of halogens is 1. The summed E-state index contributed by atoms with van der Waals surface area (Å²) in [6, 6.07) is 7.51. The van der Waals surface area contributed by atoms with Gasteiger partial charge in [0.25, 0.3) is 11.5 Å². The maximum atomic E-state index is 14.1. The number of carbonyl (C=O) groups is 1. The Bertz CT molecular complexity index is 1370. The molecule has 0 atom stereocenters. The Morgan fingerprint density at radius 2 is 1.69 bits per heavy atom. The van der Waals surface area contributed by atoms with E-state index in [2.05, 4.69) is 10.3 Å². The lowest BCUT2D eigenvalue weighted by Crippen LogP contribution is -2.46. The molecule has 3 aromatic rings. The van der Waals surface area contributed by atoms with Gasteiger partial charge in [0, 0.05) is 23.7 Å². The molecule has 190 valence electrons. The molecule has 0 spiro atoms.